The second-order valence-electron chi connectivity index (χ2n) is 6.14. The normalized spacial score (nSPS) is 18.5. The first kappa shape index (κ1) is 15.3. The molecule has 1 aliphatic rings. The highest BCUT2D eigenvalue weighted by Gasteiger charge is 2.40. The van der Waals surface area contributed by atoms with Gasteiger partial charge in [-0.25, -0.2) is 4.98 Å². The second kappa shape index (κ2) is 5.91. The van der Waals surface area contributed by atoms with Gasteiger partial charge in [-0.1, -0.05) is 44.2 Å². The molecule has 0 spiro atoms. The molecule has 23 heavy (non-hydrogen) atoms. The highest BCUT2D eigenvalue weighted by atomic mass is 16.5. The summed E-state index contributed by atoms with van der Waals surface area (Å²) in [5.41, 5.74) is 6.86. The largest absolute Gasteiger partial charge is 0.476 e. The number of pyridine rings is 1. The molecule has 0 saturated carbocycles. The number of ether oxygens (including phenoxy) is 1. The lowest BCUT2D eigenvalue weighted by atomic mass is 10.0. The van der Waals surface area contributed by atoms with E-state index in [0.29, 0.717) is 17.4 Å². The fourth-order valence-electron chi connectivity index (χ4n) is 2.82. The van der Waals surface area contributed by atoms with E-state index in [0.717, 1.165) is 5.56 Å². The average Bonchev–Trinajstić information content (AvgIpc) is 2.54. The van der Waals surface area contributed by atoms with Gasteiger partial charge in [0.05, 0.1) is 6.04 Å². The molecule has 2 heterocycles. The molecule has 2 atom stereocenters. The quantitative estimate of drug-likeness (QED) is 0.945. The Hall–Kier alpha value is -2.56. The average molecular weight is 311 g/mol. The van der Waals surface area contributed by atoms with E-state index in [2.05, 4.69) is 4.98 Å². The zero-order valence-electron chi connectivity index (χ0n) is 13.6. The maximum atomic E-state index is 13.0. The number of fused-ring (bicyclic) bond motifs is 1. The summed E-state index contributed by atoms with van der Waals surface area (Å²) in [7, 11) is 0. The van der Waals surface area contributed by atoms with Crippen molar-refractivity contribution in [3.8, 4) is 5.75 Å². The van der Waals surface area contributed by atoms with E-state index >= 15 is 0 Å². The van der Waals surface area contributed by atoms with Gasteiger partial charge in [0.25, 0.3) is 5.91 Å². The van der Waals surface area contributed by atoms with E-state index in [1.54, 1.807) is 17.0 Å². The lowest BCUT2D eigenvalue weighted by molar-refractivity contribution is -0.128. The Morgan fingerprint density at radius 1 is 1.13 bits per heavy atom. The first-order valence-corrected chi connectivity index (χ1v) is 7.80. The van der Waals surface area contributed by atoms with Crippen LogP contribution in [0.2, 0.25) is 0 Å². The molecule has 1 aromatic heterocycles. The number of aromatic nitrogens is 1. The van der Waals surface area contributed by atoms with Crippen LogP contribution in [0.1, 0.15) is 32.4 Å². The van der Waals surface area contributed by atoms with Crippen molar-refractivity contribution in [1.29, 1.82) is 0 Å². The summed E-state index contributed by atoms with van der Waals surface area (Å²) < 4.78 is 5.87. The summed E-state index contributed by atoms with van der Waals surface area (Å²) in [6, 6.07) is 13.2. The molecule has 0 radical (unpaired) electrons. The Bertz CT molecular complexity index is 715. The molecule has 5 nitrogen and oxygen atoms in total. The number of nitrogen functional groups attached to an aromatic ring is 1. The van der Waals surface area contributed by atoms with Crippen LogP contribution in [-0.2, 0) is 4.79 Å². The lowest BCUT2D eigenvalue weighted by Crippen LogP contribution is -2.49. The van der Waals surface area contributed by atoms with Crippen LogP contribution >= 0.6 is 0 Å². The van der Waals surface area contributed by atoms with Crippen molar-refractivity contribution in [1.82, 2.24) is 4.98 Å². The Kier molecular flexibility index (Phi) is 3.94. The molecule has 1 aliphatic heterocycles. The number of carbonyl (C=O) groups excluding carboxylic acids is 1. The van der Waals surface area contributed by atoms with Crippen molar-refractivity contribution in [2.75, 3.05) is 10.6 Å². The molecule has 0 saturated heterocycles. The van der Waals surface area contributed by atoms with Crippen LogP contribution in [0.5, 0.6) is 5.75 Å². The SMILES string of the molecule is CC(C)C1Oc2ccc(N)nc2N(C(C)c2ccccc2)C1=O. The van der Waals surface area contributed by atoms with Gasteiger partial charge < -0.3 is 10.5 Å². The molecule has 2 unspecified atom stereocenters. The minimum atomic E-state index is -0.515. The van der Waals surface area contributed by atoms with Gasteiger partial charge in [-0.3, -0.25) is 9.69 Å². The Morgan fingerprint density at radius 3 is 2.48 bits per heavy atom. The summed E-state index contributed by atoms with van der Waals surface area (Å²) in [4.78, 5) is 19.0. The number of amides is 1. The molecule has 0 fully saturated rings. The number of rotatable bonds is 3. The van der Waals surface area contributed by atoms with Gasteiger partial charge in [-0.2, -0.15) is 0 Å². The summed E-state index contributed by atoms with van der Waals surface area (Å²) in [5.74, 6) is 1.44. The van der Waals surface area contributed by atoms with Crippen LogP contribution in [0.3, 0.4) is 0 Å². The van der Waals surface area contributed by atoms with Crippen molar-refractivity contribution in [2.45, 2.75) is 32.9 Å². The van der Waals surface area contributed by atoms with Crippen LogP contribution < -0.4 is 15.4 Å². The molecule has 2 N–H and O–H groups in total. The minimum absolute atomic E-state index is 0.0682. The molecule has 120 valence electrons. The van der Waals surface area contributed by atoms with Crippen LogP contribution in [0.4, 0.5) is 11.6 Å². The molecule has 0 aliphatic carbocycles. The van der Waals surface area contributed by atoms with E-state index < -0.39 is 6.10 Å². The summed E-state index contributed by atoms with van der Waals surface area (Å²) >= 11 is 0. The van der Waals surface area contributed by atoms with Crippen LogP contribution in [0, 0.1) is 5.92 Å². The predicted octanol–water partition coefficient (Wildman–Crippen LogP) is 3.18. The molecule has 1 amide bonds. The maximum Gasteiger partial charge on any atom is 0.270 e. The van der Waals surface area contributed by atoms with E-state index in [1.807, 2.05) is 51.1 Å². The maximum absolute atomic E-state index is 13.0. The Balaban J connectivity index is 2.09. The molecule has 0 bridgehead atoms. The van der Waals surface area contributed by atoms with Crippen molar-refractivity contribution in [3.63, 3.8) is 0 Å². The standard InChI is InChI=1S/C18H21N3O2/c1-11(2)16-18(22)21(12(3)13-7-5-4-6-8-13)17-14(23-16)9-10-15(19)20-17/h4-12,16H,1-3H3,(H2,19,20). The first-order chi connectivity index (χ1) is 11.0. The third kappa shape index (κ3) is 2.74. The van der Waals surface area contributed by atoms with E-state index in [1.165, 1.54) is 0 Å². The number of hydrogen-bond acceptors (Lipinski definition) is 4. The lowest BCUT2D eigenvalue weighted by Gasteiger charge is -2.38. The van der Waals surface area contributed by atoms with Crippen molar-refractivity contribution in [3.05, 3.63) is 48.0 Å². The van der Waals surface area contributed by atoms with E-state index in [9.17, 15) is 4.79 Å². The second-order valence-corrected chi connectivity index (χ2v) is 6.14. The first-order valence-electron chi connectivity index (χ1n) is 7.80. The van der Waals surface area contributed by atoms with Crippen molar-refractivity contribution in [2.24, 2.45) is 5.92 Å². The van der Waals surface area contributed by atoms with Crippen LogP contribution in [0.15, 0.2) is 42.5 Å². The fraction of sp³-hybridized carbons (Fsp3) is 0.333. The summed E-state index contributed by atoms with van der Waals surface area (Å²) in [5, 5.41) is 0. The summed E-state index contributed by atoms with van der Waals surface area (Å²) in [6.07, 6.45) is -0.515. The number of benzene rings is 1. The zero-order valence-corrected chi connectivity index (χ0v) is 13.6. The molecular formula is C18H21N3O2. The Morgan fingerprint density at radius 2 is 1.83 bits per heavy atom. The monoisotopic (exact) mass is 311 g/mol. The number of carbonyl (C=O) groups is 1. The number of anilines is 2. The van der Waals surface area contributed by atoms with Crippen molar-refractivity contribution < 1.29 is 9.53 Å². The van der Waals surface area contributed by atoms with Crippen molar-refractivity contribution >= 4 is 17.5 Å². The van der Waals surface area contributed by atoms with Gasteiger partial charge in [-0.05, 0) is 30.5 Å². The van der Waals surface area contributed by atoms with Gasteiger partial charge in [0.15, 0.2) is 17.7 Å². The minimum Gasteiger partial charge on any atom is -0.476 e. The third-order valence-electron chi connectivity index (χ3n) is 4.10. The molecular weight excluding hydrogens is 290 g/mol. The number of nitrogens with zero attached hydrogens (tertiary/aromatic N) is 2. The van der Waals surface area contributed by atoms with Gasteiger partial charge in [0, 0.05) is 0 Å². The van der Waals surface area contributed by atoms with Gasteiger partial charge in [-0.15, -0.1) is 0 Å². The highest BCUT2D eigenvalue weighted by Crippen LogP contribution is 2.39. The number of nitrogens with two attached hydrogens (primary N) is 1. The smallest absolute Gasteiger partial charge is 0.270 e. The van der Waals surface area contributed by atoms with E-state index in [4.69, 9.17) is 10.5 Å². The zero-order chi connectivity index (χ0) is 16.6. The highest BCUT2D eigenvalue weighted by molar-refractivity contribution is 6.00. The Labute approximate surface area is 136 Å². The molecule has 5 heteroatoms. The van der Waals surface area contributed by atoms with Crippen LogP contribution in [0.25, 0.3) is 0 Å². The topological polar surface area (TPSA) is 68.5 Å². The van der Waals surface area contributed by atoms with Gasteiger partial charge in [0.1, 0.15) is 5.82 Å². The molecule has 3 rings (SSSR count). The number of hydrogen-bond donors (Lipinski definition) is 1. The van der Waals surface area contributed by atoms with Gasteiger partial charge in [0.2, 0.25) is 0 Å². The van der Waals surface area contributed by atoms with Gasteiger partial charge >= 0.3 is 0 Å². The molecule has 1 aromatic carbocycles. The molecule has 2 aromatic rings. The van der Waals surface area contributed by atoms with Crippen LogP contribution in [-0.4, -0.2) is 17.0 Å². The van der Waals surface area contributed by atoms with E-state index in [-0.39, 0.29) is 17.9 Å². The fourth-order valence-corrected chi connectivity index (χ4v) is 2.82. The third-order valence-corrected chi connectivity index (χ3v) is 4.10. The summed E-state index contributed by atoms with van der Waals surface area (Å²) in [6.45, 7) is 5.94. The predicted molar refractivity (Wildman–Crippen MR) is 90.2 cm³/mol.